The molecule has 6 aromatic carbocycles. The summed E-state index contributed by atoms with van der Waals surface area (Å²) in [5.41, 5.74) is 18.2. The van der Waals surface area contributed by atoms with E-state index >= 15 is 0 Å². The highest BCUT2D eigenvalue weighted by atomic mass is 15.2. The van der Waals surface area contributed by atoms with Crippen molar-refractivity contribution in [3.8, 4) is 11.1 Å². The van der Waals surface area contributed by atoms with Gasteiger partial charge in [-0.3, -0.25) is 0 Å². The van der Waals surface area contributed by atoms with E-state index in [2.05, 4.69) is 170 Å². The van der Waals surface area contributed by atoms with Gasteiger partial charge in [0.15, 0.2) is 0 Å². The Labute approximate surface area is 290 Å². The highest BCUT2D eigenvalue weighted by Crippen LogP contribution is 2.78. The summed E-state index contributed by atoms with van der Waals surface area (Å²) in [5.74, 6) is 0.738. The maximum Gasteiger partial charge on any atom is 0.252 e. The zero-order valence-corrected chi connectivity index (χ0v) is 28.4. The van der Waals surface area contributed by atoms with Crippen LogP contribution in [-0.4, -0.2) is 6.71 Å². The van der Waals surface area contributed by atoms with Crippen molar-refractivity contribution in [1.29, 1.82) is 0 Å². The molecule has 2 heterocycles. The molecule has 2 bridgehead atoms. The largest absolute Gasteiger partial charge is 0.311 e. The molecule has 2 aliphatic heterocycles. The predicted molar refractivity (Wildman–Crippen MR) is 206 cm³/mol. The number of hydrogen-bond acceptors (Lipinski definition) is 2. The maximum absolute atomic E-state index is 2.63. The molecule has 49 heavy (non-hydrogen) atoms. The summed E-state index contributed by atoms with van der Waals surface area (Å²) >= 11 is 0. The number of benzene rings is 6. The van der Waals surface area contributed by atoms with Crippen LogP contribution in [0.1, 0.15) is 51.2 Å². The highest BCUT2D eigenvalue weighted by Gasteiger charge is 2.71. The van der Waals surface area contributed by atoms with Crippen LogP contribution in [0, 0.1) is 16.7 Å². The average molecular weight is 631 g/mol. The Morgan fingerprint density at radius 2 is 1.12 bits per heavy atom. The molecule has 2 saturated carbocycles. The van der Waals surface area contributed by atoms with Crippen LogP contribution in [0.5, 0.6) is 0 Å². The third-order valence-corrected chi connectivity index (χ3v) is 14.2. The molecule has 3 atom stereocenters. The summed E-state index contributed by atoms with van der Waals surface area (Å²) in [6.45, 7) is 7.91. The van der Waals surface area contributed by atoms with Gasteiger partial charge < -0.3 is 9.80 Å². The van der Waals surface area contributed by atoms with Gasteiger partial charge in [0.05, 0.1) is 5.69 Å². The Bertz CT molecular complexity index is 2360. The van der Waals surface area contributed by atoms with Crippen molar-refractivity contribution in [1.82, 2.24) is 0 Å². The third-order valence-electron chi connectivity index (χ3n) is 14.2. The highest BCUT2D eigenvalue weighted by molar-refractivity contribution is 7.00. The fraction of sp³-hybridized carbons (Fsp3) is 0.217. The van der Waals surface area contributed by atoms with Crippen LogP contribution in [0.4, 0.5) is 34.1 Å². The lowest BCUT2D eigenvalue weighted by atomic mass is 9.33. The molecule has 1 spiro atoms. The number of anilines is 6. The van der Waals surface area contributed by atoms with Crippen molar-refractivity contribution >= 4 is 57.2 Å². The van der Waals surface area contributed by atoms with Gasteiger partial charge in [-0.05, 0) is 112 Å². The zero-order chi connectivity index (χ0) is 32.7. The minimum atomic E-state index is 0.0261. The summed E-state index contributed by atoms with van der Waals surface area (Å²) in [7, 11) is 0. The molecule has 0 amide bonds. The first-order valence-electron chi connectivity index (χ1n) is 18.2. The summed E-state index contributed by atoms with van der Waals surface area (Å²) < 4.78 is 0. The molecule has 2 nitrogen and oxygen atoms in total. The summed E-state index contributed by atoms with van der Waals surface area (Å²) in [5, 5.41) is 0. The molecular formula is C46H39BN2. The van der Waals surface area contributed by atoms with E-state index in [1.54, 1.807) is 11.1 Å². The van der Waals surface area contributed by atoms with Crippen molar-refractivity contribution in [2.75, 3.05) is 9.80 Å². The van der Waals surface area contributed by atoms with Gasteiger partial charge in [-0.1, -0.05) is 118 Å². The van der Waals surface area contributed by atoms with E-state index in [0.717, 1.165) is 5.92 Å². The normalized spacial score (nSPS) is 24.4. The standard InChI is InChI=1S/C46H39BN2/c1-44(2)30-27-28-45(44,3)46(29-30)33-18-8-7-17-32(33)42-34(46)19-13-24-39(42)49-38-23-12-10-21-36(38)47-35-20-9-11-22-37(35)48(31-15-5-4-6-16-31)40-25-14-26-41(49)43(40)47/h4-26,30H,27-29H2,1-3H3. The van der Waals surface area contributed by atoms with Gasteiger partial charge in [0.25, 0.3) is 6.71 Å². The van der Waals surface area contributed by atoms with Crippen molar-refractivity contribution in [3.05, 3.63) is 151 Å². The van der Waals surface area contributed by atoms with Gasteiger partial charge in [-0.25, -0.2) is 0 Å². The summed E-state index contributed by atoms with van der Waals surface area (Å²) in [6, 6.07) is 52.8. The summed E-state index contributed by atoms with van der Waals surface area (Å²) in [4.78, 5) is 5.10. The Balaban J connectivity index is 1.21. The molecule has 3 aliphatic carbocycles. The van der Waals surface area contributed by atoms with Crippen LogP contribution in [0.25, 0.3) is 11.1 Å². The number of fused-ring (bicyclic) bond motifs is 12. The van der Waals surface area contributed by atoms with Crippen LogP contribution in [0.15, 0.2) is 140 Å². The van der Waals surface area contributed by atoms with E-state index in [1.807, 2.05) is 0 Å². The minimum absolute atomic E-state index is 0.0261. The van der Waals surface area contributed by atoms with Crippen LogP contribution in [0.3, 0.4) is 0 Å². The monoisotopic (exact) mass is 630 g/mol. The second-order valence-corrected chi connectivity index (χ2v) is 15.9. The molecule has 0 radical (unpaired) electrons. The first-order valence-corrected chi connectivity index (χ1v) is 18.2. The number of nitrogens with zero attached hydrogens (tertiary/aromatic N) is 2. The smallest absolute Gasteiger partial charge is 0.252 e. The molecule has 236 valence electrons. The number of hydrogen-bond donors (Lipinski definition) is 0. The van der Waals surface area contributed by atoms with Gasteiger partial charge in [-0.15, -0.1) is 0 Å². The van der Waals surface area contributed by atoms with Crippen molar-refractivity contribution in [3.63, 3.8) is 0 Å². The van der Waals surface area contributed by atoms with Gasteiger partial charge in [0, 0.05) is 39.4 Å². The quantitative estimate of drug-likeness (QED) is 0.176. The van der Waals surface area contributed by atoms with Gasteiger partial charge in [0.1, 0.15) is 0 Å². The molecule has 2 fully saturated rings. The lowest BCUT2D eigenvalue weighted by molar-refractivity contribution is 0.0990. The first-order chi connectivity index (χ1) is 24.0. The molecular weight excluding hydrogens is 591 g/mol. The molecule has 11 rings (SSSR count). The Morgan fingerprint density at radius 1 is 0.551 bits per heavy atom. The van der Waals surface area contributed by atoms with E-state index < -0.39 is 0 Å². The zero-order valence-electron chi connectivity index (χ0n) is 28.4. The summed E-state index contributed by atoms with van der Waals surface area (Å²) in [6.07, 6.45) is 3.88. The number of rotatable bonds is 2. The van der Waals surface area contributed by atoms with E-state index in [4.69, 9.17) is 0 Å². The maximum atomic E-state index is 2.63. The average Bonchev–Trinajstić information content (AvgIpc) is 3.63. The van der Waals surface area contributed by atoms with Crippen LogP contribution in [0.2, 0.25) is 0 Å². The molecule has 6 aromatic rings. The van der Waals surface area contributed by atoms with Crippen LogP contribution >= 0.6 is 0 Å². The Kier molecular flexibility index (Phi) is 5.33. The van der Waals surface area contributed by atoms with E-state index in [-0.39, 0.29) is 23.0 Å². The van der Waals surface area contributed by atoms with Crippen LogP contribution in [-0.2, 0) is 5.41 Å². The van der Waals surface area contributed by atoms with Gasteiger partial charge in [0.2, 0.25) is 0 Å². The third kappa shape index (κ3) is 3.17. The van der Waals surface area contributed by atoms with E-state index in [9.17, 15) is 0 Å². The van der Waals surface area contributed by atoms with Crippen LogP contribution < -0.4 is 26.2 Å². The Hall–Kier alpha value is -5.02. The van der Waals surface area contributed by atoms with Gasteiger partial charge >= 0.3 is 0 Å². The molecule has 0 N–H and O–H groups in total. The number of para-hydroxylation sites is 3. The fourth-order valence-corrected chi connectivity index (χ4v) is 11.7. The van der Waals surface area contributed by atoms with Crippen molar-refractivity contribution in [2.24, 2.45) is 16.7 Å². The van der Waals surface area contributed by atoms with Gasteiger partial charge in [-0.2, -0.15) is 0 Å². The minimum Gasteiger partial charge on any atom is -0.311 e. The molecule has 0 saturated heterocycles. The van der Waals surface area contributed by atoms with Crippen molar-refractivity contribution < 1.29 is 0 Å². The SMILES string of the molecule is CC1(C)C2CCC1(C)C1(C2)c2ccccc2-c2c(N3c4ccccc4B4c5ccccc5N(c5ccccc5)c5cccc3c54)cccc21. The fourth-order valence-electron chi connectivity index (χ4n) is 11.7. The second kappa shape index (κ2) is 9.36. The lowest BCUT2D eigenvalue weighted by Gasteiger charge is -2.48. The molecule has 3 heteroatoms. The second-order valence-electron chi connectivity index (χ2n) is 15.9. The molecule has 3 unspecified atom stereocenters. The lowest BCUT2D eigenvalue weighted by Crippen LogP contribution is -2.61. The molecule has 0 aromatic heterocycles. The predicted octanol–water partition coefficient (Wildman–Crippen LogP) is 9.88. The van der Waals surface area contributed by atoms with E-state index in [1.165, 1.54) is 80.9 Å². The topological polar surface area (TPSA) is 6.48 Å². The molecule has 5 aliphatic rings. The Morgan fingerprint density at radius 3 is 1.84 bits per heavy atom. The van der Waals surface area contributed by atoms with Crippen molar-refractivity contribution in [2.45, 2.75) is 45.4 Å². The van der Waals surface area contributed by atoms with E-state index in [0.29, 0.717) is 0 Å². The first kappa shape index (κ1) is 27.9.